The van der Waals surface area contributed by atoms with Gasteiger partial charge in [0.1, 0.15) is 5.75 Å². The number of aryl methyl sites for hydroxylation is 1. The van der Waals surface area contributed by atoms with Crippen LogP contribution in [0.1, 0.15) is 17.0 Å². The number of pyridine rings is 2. The molecular formula is C18H13F3N4O. The summed E-state index contributed by atoms with van der Waals surface area (Å²) in [6.07, 6.45) is 2.89. The van der Waals surface area contributed by atoms with Crippen LogP contribution in [0.2, 0.25) is 0 Å². The number of fused-ring (bicyclic) bond motifs is 2. The van der Waals surface area contributed by atoms with Gasteiger partial charge in [0.15, 0.2) is 11.5 Å². The van der Waals surface area contributed by atoms with Crippen molar-refractivity contribution in [2.45, 2.75) is 12.8 Å². The number of halogens is 3. The smallest absolute Gasteiger partial charge is 0.332 e. The van der Waals surface area contributed by atoms with E-state index in [0.717, 1.165) is 4.40 Å². The average molecular weight is 358 g/mol. The molecule has 0 aliphatic heterocycles. The number of alkyl halides is 2. The van der Waals surface area contributed by atoms with Crippen LogP contribution in [0.5, 0.6) is 5.75 Å². The first-order valence-electron chi connectivity index (χ1n) is 7.73. The van der Waals surface area contributed by atoms with Gasteiger partial charge in [-0.05, 0) is 36.8 Å². The van der Waals surface area contributed by atoms with Crippen LogP contribution in [0.25, 0.3) is 16.6 Å². The maximum Gasteiger partial charge on any atom is 0.332 e. The number of benzene rings is 1. The number of hydrogen-bond donors (Lipinski definition) is 0. The molecule has 0 bridgehead atoms. The highest BCUT2D eigenvalue weighted by molar-refractivity contribution is 5.80. The van der Waals surface area contributed by atoms with E-state index in [0.29, 0.717) is 22.2 Å². The highest BCUT2D eigenvalue weighted by Crippen LogP contribution is 2.36. The second-order valence-corrected chi connectivity index (χ2v) is 5.94. The van der Waals surface area contributed by atoms with Crippen LogP contribution in [0.15, 0.2) is 42.7 Å². The third kappa shape index (κ3) is 2.45. The lowest BCUT2D eigenvalue weighted by molar-refractivity contribution is 0.0318. The lowest BCUT2D eigenvalue weighted by Crippen LogP contribution is -2.19. The second kappa shape index (κ2) is 5.69. The van der Waals surface area contributed by atoms with Gasteiger partial charge in [-0.15, -0.1) is 10.2 Å². The van der Waals surface area contributed by atoms with Gasteiger partial charge < -0.3 is 4.74 Å². The van der Waals surface area contributed by atoms with Gasteiger partial charge in [0, 0.05) is 17.1 Å². The van der Waals surface area contributed by atoms with Crippen molar-refractivity contribution in [1.82, 2.24) is 19.6 Å². The first kappa shape index (κ1) is 16.3. The Kier molecular flexibility index (Phi) is 3.57. The predicted octanol–water partition coefficient (Wildman–Crippen LogP) is 3.87. The Morgan fingerprint density at radius 3 is 2.69 bits per heavy atom. The highest BCUT2D eigenvalue weighted by Gasteiger charge is 2.40. The van der Waals surface area contributed by atoms with Gasteiger partial charge in [-0.2, -0.15) is 8.78 Å². The highest BCUT2D eigenvalue weighted by atomic mass is 19.3. The fraction of sp³-hybridized carbons (Fsp3) is 0.167. The van der Waals surface area contributed by atoms with Gasteiger partial charge in [-0.25, -0.2) is 4.39 Å². The van der Waals surface area contributed by atoms with E-state index in [2.05, 4.69) is 15.2 Å². The number of nitrogens with zero attached hydrogens (tertiary/aromatic N) is 4. The summed E-state index contributed by atoms with van der Waals surface area (Å²) in [6.45, 7) is 1.61. The van der Waals surface area contributed by atoms with Crippen molar-refractivity contribution in [3.63, 3.8) is 0 Å². The Labute approximate surface area is 146 Å². The lowest BCUT2D eigenvalue weighted by atomic mass is 10.0. The van der Waals surface area contributed by atoms with E-state index >= 15 is 8.78 Å². The van der Waals surface area contributed by atoms with E-state index in [9.17, 15) is 4.39 Å². The molecule has 8 heteroatoms. The molecule has 0 aliphatic carbocycles. The van der Waals surface area contributed by atoms with Gasteiger partial charge in [0.25, 0.3) is 0 Å². The van der Waals surface area contributed by atoms with Crippen LogP contribution >= 0.6 is 0 Å². The van der Waals surface area contributed by atoms with E-state index in [1.54, 1.807) is 13.0 Å². The summed E-state index contributed by atoms with van der Waals surface area (Å²) in [6, 6.07) is 6.92. The first-order chi connectivity index (χ1) is 12.4. The van der Waals surface area contributed by atoms with Gasteiger partial charge in [0.2, 0.25) is 5.82 Å². The van der Waals surface area contributed by atoms with Crippen LogP contribution in [0.3, 0.4) is 0 Å². The van der Waals surface area contributed by atoms with Crippen molar-refractivity contribution >= 4 is 16.6 Å². The topological polar surface area (TPSA) is 52.3 Å². The quantitative estimate of drug-likeness (QED) is 0.558. The Hall–Kier alpha value is -3.16. The van der Waals surface area contributed by atoms with Gasteiger partial charge in [0.05, 0.1) is 18.8 Å². The third-order valence-corrected chi connectivity index (χ3v) is 4.13. The van der Waals surface area contributed by atoms with Crippen LogP contribution in [0, 0.1) is 12.7 Å². The number of methoxy groups -OCH3 is 1. The minimum absolute atomic E-state index is 0.241. The van der Waals surface area contributed by atoms with Crippen molar-refractivity contribution < 1.29 is 17.9 Å². The monoisotopic (exact) mass is 358 g/mol. The summed E-state index contributed by atoms with van der Waals surface area (Å²) in [4.78, 5) is 4.16. The van der Waals surface area contributed by atoms with Crippen LogP contribution in [-0.2, 0) is 5.92 Å². The standard InChI is InChI=1S/C18H13F3N4O/c1-10-5-14(19)16-23-24-17(25(16)9-10)18(20,21)12-3-4-15-11(6-12)7-13(26-2)8-22-15/h3-9H,1-2H3. The Balaban J connectivity index is 1.90. The minimum Gasteiger partial charge on any atom is -0.495 e. The lowest BCUT2D eigenvalue weighted by Gasteiger charge is -2.16. The summed E-state index contributed by atoms with van der Waals surface area (Å²) in [7, 11) is 1.47. The molecule has 0 aliphatic rings. The van der Waals surface area contributed by atoms with Crippen LogP contribution in [-0.4, -0.2) is 26.7 Å². The summed E-state index contributed by atoms with van der Waals surface area (Å²) >= 11 is 0. The zero-order valence-corrected chi connectivity index (χ0v) is 13.9. The average Bonchev–Trinajstić information content (AvgIpc) is 3.05. The third-order valence-electron chi connectivity index (χ3n) is 4.13. The molecule has 0 saturated carbocycles. The van der Waals surface area contributed by atoms with E-state index < -0.39 is 17.6 Å². The number of aromatic nitrogens is 4. The molecule has 3 aromatic heterocycles. The fourth-order valence-corrected chi connectivity index (χ4v) is 2.84. The molecule has 3 heterocycles. The molecule has 26 heavy (non-hydrogen) atoms. The van der Waals surface area contributed by atoms with Crippen molar-refractivity contribution in [2.24, 2.45) is 0 Å². The Morgan fingerprint density at radius 2 is 1.92 bits per heavy atom. The maximum absolute atomic E-state index is 15.1. The molecule has 0 radical (unpaired) electrons. The largest absolute Gasteiger partial charge is 0.495 e. The predicted molar refractivity (Wildman–Crippen MR) is 89.0 cm³/mol. The van der Waals surface area contributed by atoms with Gasteiger partial charge in [-0.3, -0.25) is 9.38 Å². The zero-order chi connectivity index (χ0) is 18.5. The summed E-state index contributed by atoms with van der Waals surface area (Å²) in [5, 5.41) is 7.61. The van der Waals surface area contributed by atoms with E-state index in [4.69, 9.17) is 4.74 Å². The molecule has 0 unspecified atom stereocenters. The normalized spacial score (nSPS) is 12.0. The fourth-order valence-electron chi connectivity index (χ4n) is 2.84. The molecule has 0 spiro atoms. The molecule has 132 valence electrons. The van der Waals surface area contributed by atoms with Crippen molar-refractivity contribution in [1.29, 1.82) is 0 Å². The SMILES string of the molecule is COc1cnc2ccc(C(F)(F)c3nnc4c(F)cc(C)cn34)cc2c1. The van der Waals surface area contributed by atoms with E-state index in [1.807, 2.05) is 0 Å². The van der Waals surface area contributed by atoms with Crippen LogP contribution < -0.4 is 4.74 Å². The first-order valence-corrected chi connectivity index (χ1v) is 7.73. The van der Waals surface area contributed by atoms with Gasteiger partial charge in [-0.1, -0.05) is 6.07 Å². The molecule has 0 saturated heterocycles. The molecule has 5 nitrogen and oxygen atoms in total. The van der Waals surface area contributed by atoms with Crippen molar-refractivity contribution in [3.05, 3.63) is 65.5 Å². The number of ether oxygens (including phenoxy) is 1. The van der Waals surface area contributed by atoms with Crippen molar-refractivity contribution in [3.8, 4) is 5.75 Å². The Morgan fingerprint density at radius 1 is 1.12 bits per heavy atom. The molecule has 4 aromatic rings. The molecule has 4 rings (SSSR count). The number of rotatable bonds is 3. The molecule has 0 atom stereocenters. The molecule has 0 N–H and O–H groups in total. The summed E-state index contributed by atoms with van der Waals surface area (Å²) in [5.41, 5.74) is 0.503. The van der Waals surface area contributed by atoms with Crippen molar-refractivity contribution in [2.75, 3.05) is 7.11 Å². The van der Waals surface area contributed by atoms with Gasteiger partial charge >= 0.3 is 5.92 Å². The van der Waals surface area contributed by atoms with E-state index in [-0.39, 0.29) is 11.2 Å². The number of hydrogen-bond acceptors (Lipinski definition) is 4. The Bertz CT molecular complexity index is 1140. The molecule has 0 fully saturated rings. The summed E-state index contributed by atoms with van der Waals surface area (Å²) < 4.78 is 50.3. The summed E-state index contributed by atoms with van der Waals surface area (Å²) in [5.74, 6) is -4.36. The molecular weight excluding hydrogens is 345 g/mol. The van der Waals surface area contributed by atoms with Crippen LogP contribution in [0.4, 0.5) is 13.2 Å². The molecule has 1 aromatic carbocycles. The molecule has 0 amide bonds. The zero-order valence-electron chi connectivity index (χ0n) is 13.9. The minimum atomic E-state index is -3.48. The van der Waals surface area contributed by atoms with E-state index in [1.165, 1.54) is 43.8 Å². The maximum atomic E-state index is 15.1. The second-order valence-electron chi connectivity index (χ2n) is 5.94.